The Bertz CT molecular complexity index is 130. The number of hydrogen-bond donors (Lipinski definition) is 3. The van der Waals surface area contributed by atoms with Crippen molar-refractivity contribution in [1.29, 1.82) is 0 Å². The van der Waals surface area contributed by atoms with Gasteiger partial charge in [-0.2, -0.15) is 0 Å². The maximum atomic E-state index is 10.5. The summed E-state index contributed by atoms with van der Waals surface area (Å²) in [4.78, 5) is 10.5. The van der Waals surface area contributed by atoms with Crippen LogP contribution in [0.25, 0.3) is 0 Å². The maximum Gasteiger partial charge on any atom is 0.475 e. The molecule has 0 rings (SSSR count). The zero-order chi connectivity index (χ0) is 9.02. The van der Waals surface area contributed by atoms with Crippen LogP contribution >= 0.6 is 0 Å². The van der Waals surface area contributed by atoms with E-state index >= 15 is 0 Å². The van der Waals surface area contributed by atoms with E-state index in [1.807, 2.05) is 0 Å². The van der Waals surface area contributed by atoms with Crippen molar-refractivity contribution in [3.63, 3.8) is 0 Å². The van der Waals surface area contributed by atoms with Gasteiger partial charge in [-0.15, -0.1) is 0 Å². The summed E-state index contributed by atoms with van der Waals surface area (Å²) >= 11 is 0. The molecule has 0 fully saturated rings. The highest BCUT2D eigenvalue weighted by Gasteiger charge is 2.26. The lowest BCUT2D eigenvalue weighted by molar-refractivity contribution is -0.119. The van der Waals surface area contributed by atoms with Crippen LogP contribution in [0.4, 0.5) is 0 Å². The monoisotopic (exact) mass is 159 g/mol. The summed E-state index contributed by atoms with van der Waals surface area (Å²) in [5.74, 6) is -0.816. The molecule has 0 saturated heterocycles. The van der Waals surface area contributed by atoms with Crippen LogP contribution in [0.5, 0.6) is 0 Å². The van der Waals surface area contributed by atoms with Gasteiger partial charge in [-0.3, -0.25) is 4.79 Å². The van der Waals surface area contributed by atoms with Crippen molar-refractivity contribution >= 4 is 13.0 Å². The summed E-state index contributed by atoms with van der Waals surface area (Å²) in [5, 5.41) is 20.0. The van der Waals surface area contributed by atoms with Crippen LogP contribution in [0.1, 0.15) is 20.8 Å². The van der Waals surface area contributed by atoms with E-state index in [4.69, 9.17) is 10.0 Å². The van der Waals surface area contributed by atoms with Gasteiger partial charge in [-0.1, -0.05) is 13.8 Å². The average Bonchev–Trinajstić information content (AvgIpc) is 1.81. The second-order valence-electron chi connectivity index (χ2n) is 2.88. The Hall–Kier alpha value is -0.545. The summed E-state index contributed by atoms with van der Waals surface area (Å²) in [6, 6.07) is 0. The molecule has 0 unspecified atom stereocenters. The van der Waals surface area contributed by atoms with Gasteiger partial charge >= 0.3 is 7.12 Å². The van der Waals surface area contributed by atoms with Crippen molar-refractivity contribution < 1.29 is 14.8 Å². The second-order valence-corrected chi connectivity index (χ2v) is 2.88. The number of carbonyl (C=O) groups excluding carboxylic acids is 1. The first-order valence-corrected chi connectivity index (χ1v) is 3.58. The van der Waals surface area contributed by atoms with Gasteiger partial charge in [-0.05, 0) is 5.92 Å². The smallest absolute Gasteiger partial charge is 0.426 e. The van der Waals surface area contributed by atoms with Gasteiger partial charge in [0.1, 0.15) is 0 Å². The van der Waals surface area contributed by atoms with E-state index in [-0.39, 0.29) is 11.8 Å². The number of nitrogens with one attached hydrogen (secondary N) is 1. The lowest BCUT2D eigenvalue weighted by Gasteiger charge is -2.19. The molecule has 0 aliphatic carbocycles. The molecule has 0 heterocycles. The predicted molar refractivity (Wildman–Crippen MR) is 42.6 cm³/mol. The minimum Gasteiger partial charge on any atom is -0.426 e. The highest BCUT2D eigenvalue weighted by Crippen LogP contribution is 2.01. The van der Waals surface area contributed by atoms with E-state index in [9.17, 15) is 4.79 Å². The molecule has 4 nitrogen and oxygen atoms in total. The third kappa shape index (κ3) is 4.00. The Morgan fingerprint density at radius 2 is 1.91 bits per heavy atom. The molecule has 64 valence electrons. The fourth-order valence-electron chi connectivity index (χ4n) is 0.820. The van der Waals surface area contributed by atoms with Crippen molar-refractivity contribution in [2.45, 2.75) is 26.7 Å². The van der Waals surface area contributed by atoms with Crippen LogP contribution in [0.15, 0.2) is 0 Å². The second kappa shape index (κ2) is 4.36. The van der Waals surface area contributed by atoms with Gasteiger partial charge in [0, 0.05) is 6.92 Å². The molecule has 0 spiro atoms. The minimum atomic E-state index is -1.49. The molecular formula is C6H14BNO3. The first-order valence-electron chi connectivity index (χ1n) is 3.58. The molecule has 0 bridgehead atoms. The molecule has 0 aromatic heterocycles. The number of amides is 1. The average molecular weight is 159 g/mol. The molecule has 1 atom stereocenters. The summed E-state index contributed by atoms with van der Waals surface area (Å²) < 4.78 is 0. The lowest BCUT2D eigenvalue weighted by atomic mass is 9.73. The molecule has 0 aromatic carbocycles. The number of rotatable bonds is 3. The molecule has 0 radical (unpaired) electrons. The molecule has 11 heavy (non-hydrogen) atoms. The van der Waals surface area contributed by atoms with Crippen LogP contribution in [0.2, 0.25) is 0 Å². The van der Waals surface area contributed by atoms with Crippen LogP contribution in [-0.4, -0.2) is 29.0 Å². The van der Waals surface area contributed by atoms with Gasteiger partial charge in [0.05, 0.1) is 5.94 Å². The Morgan fingerprint density at radius 3 is 2.00 bits per heavy atom. The number of hydrogen-bond acceptors (Lipinski definition) is 3. The molecule has 0 aliphatic rings. The molecule has 5 heteroatoms. The van der Waals surface area contributed by atoms with Crippen molar-refractivity contribution in [2.24, 2.45) is 5.92 Å². The van der Waals surface area contributed by atoms with Crippen molar-refractivity contribution in [3.05, 3.63) is 0 Å². The third-order valence-corrected chi connectivity index (χ3v) is 1.41. The summed E-state index contributed by atoms with van der Waals surface area (Å²) in [6.07, 6.45) is 0. The minimum absolute atomic E-state index is 0.0129. The van der Waals surface area contributed by atoms with E-state index in [1.165, 1.54) is 6.92 Å². The Balaban J connectivity index is 4.00. The summed E-state index contributed by atoms with van der Waals surface area (Å²) in [6.45, 7) is 4.96. The quantitative estimate of drug-likeness (QED) is 0.470. The van der Waals surface area contributed by atoms with E-state index in [1.54, 1.807) is 13.8 Å². The highest BCUT2D eigenvalue weighted by atomic mass is 16.4. The van der Waals surface area contributed by atoms with Crippen LogP contribution in [0.3, 0.4) is 0 Å². The molecule has 3 N–H and O–H groups in total. The third-order valence-electron chi connectivity index (χ3n) is 1.41. The molecule has 0 aliphatic heterocycles. The first-order chi connectivity index (χ1) is 4.95. The fourth-order valence-corrected chi connectivity index (χ4v) is 0.820. The van der Waals surface area contributed by atoms with Crippen LogP contribution < -0.4 is 5.32 Å². The number of carbonyl (C=O) groups is 1. The Kier molecular flexibility index (Phi) is 4.14. The van der Waals surface area contributed by atoms with Gasteiger partial charge < -0.3 is 15.4 Å². The van der Waals surface area contributed by atoms with Gasteiger partial charge in [0.15, 0.2) is 0 Å². The summed E-state index contributed by atoms with van der Waals surface area (Å²) in [5.41, 5.74) is 0. The molecule has 0 aromatic rings. The van der Waals surface area contributed by atoms with Gasteiger partial charge in [-0.25, -0.2) is 0 Å². The van der Waals surface area contributed by atoms with Crippen LogP contribution in [-0.2, 0) is 4.79 Å². The zero-order valence-electron chi connectivity index (χ0n) is 7.03. The SMILES string of the molecule is CC(=O)N[C@H](B(O)O)C(C)C. The first kappa shape index (κ1) is 10.5. The van der Waals surface area contributed by atoms with Crippen molar-refractivity contribution in [3.8, 4) is 0 Å². The van der Waals surface area contributed by atoms with E-state index in [0.29, 0.717) is 0 Å². The highest BCUT2D eigenvalue weighted by molar-refractivity contribution is 6.43. The predicted octanol–water partition coefficient (Wildman–Crippen LogP) is -0.841. The van der Waals surface area contributed by atoms with Gasteiger partial charge in [0.25, 0.3) is 0 Å². The Labute approximate surface area is 66.8 Å². The lowest BCUT2D eigenvalue weighted by Crippen LogP contribution is -2.48. The fraction of sp³-hybridized carbons (Fsp3) is 0.833. The maximum absolute atomic E-state index is 10.5. The zero-order valence-corrected chi connectivity index (χ0v) is 7.03. The Morgan fingerprint density at radius 1 is 1.45 bits per heavy atom. The molecular weight excluding hydrogens is 145 g/mol. The standard InChI is InChI=1S/C6H14BNO3/c1-4(2)6(7(10)11)8-5(3)9/h4,6,10-11H,1-3H3,(H,8,9)/t6-/m0/s1. The molecule has 1 amide bonds. The normalized spacial score (nSPS) is 12.9. The van der Waals surface area contributed by atoms with E-state index < -0.39 is 13.1 Å². The van der Waals surface area contributed by atoms with E-state index in [2.05, 4.69) is 5.32 Å². The summed E-state index contributed by atoms with van der Waals surface area (Å²) in [7, 11) is -1.49. The van der Waals surface area contributed by atoms with E-state index in [0.717, 1.165) is 0 Å². The topological polar surface area (TPSA) is 69.6 Å². The van der Waals surface area contributed by atoms with Gasteiger partial charge in [0.2, 0.25) is 5.91 Å². The van der Waals surface area contributed by atoms with Crippen LogP contribution in [0, 0.1) is 5.92 Å². The van der Waals surface area contributed by atoms with Crippen molar-refractivity contribution in [2.75, 3.05) is 0 Å². The van der Waals surface area contributed by atoms with Crippen molar-refractivity contribution in [1.82, 2.24) is 5.32 Å². The largest absolute Gasteiger partial charge is 0.475 e. The molecule has 0 saturated carbocycles.